The van der Waals surface area contributed by atoms with Gasteiger partial charge in [-0.05, 0) is 37.8 Å². The van der Waals surface area contributed by atoms with Crippen LogP contribution in [0.25, 0.3) is 0 Å². The maximum atomic E-state index is 5.96. The van der Waals surface area contributed by atoms with Crippen LogP contribution in [0.15, 0.2) is 24.3 Å². The van der Waals surface area contributed by atoms with Crippen LogP contribution in [0.2, 0.25) is 0 Å². The number of aryl methyl sites for hydroxylation is 1. The van der Waals surface area contributed by atoms with Gasteiger partial charge in [-0.15, -0.1) is 0 Å². The molecule has 0 aliphatic heterocycles. The van der Waals surface area contributed by atoms with E-state index in [-0.39, 0.29) is 0 Å². The van der Waals surface area contributed by atoms with Gasteiger partial charge in [0.1, 0.15) is 0 Å². The first-order valence-corrected chi connectivity index (χ1v) is 8.03. The zero-order chi connectivity index (χ0) is 13.5. The Morgan fingerprint density at radius 3 is 2.33 bits per heavy atom. The summed E-state index contributed by atoms with van der Waals surface area (Å²) in [6, 6.07) is 9.73. The number of thioether (sulfide) groups is 1. The summed E-state index contributed by atoms with van der Waals surface area (Å²) in [5.41, 5.74) is 8.67. The summed E-state index contributed by atoms with van der Waals surface area (Å²) in [5, 5.41) is 0. The van der Waals surface area contributed by atoms with E-state index in [1.807, 2.05) is 11.8 Å². The topological polar surface area (TPSA) is 29.3 Å². The number of likely N-dealkylation sites (N-methyl/N-ethyl adjacent to an activating group) is 1. The molecule has 0 aromatic heterocycles. The lowest BCUT2D eigenvalue weighted by Gasteiger charge is -2.32. The molecule has 0 spiro atoms. The van der Waals surface area contributed by atoms with Crippen molar-refractivity contribution in [2.45, 2.75) is 32.4 Å². The third kappa shape index (κ3) is 4.01. The molecule has 0 aliphatic carbocycles. The molecule has 0 bridgehead atoms. The van der Waals surface area contributed by atoms with E-state index in [1.54, 1.807) is 0 Å². The molecule has 0 saturated heterocycles. The van der Waals surface area contributed by atoms with Crippen LogP contribution < -0.4 is 5.73 Å². The molecular formula is C15H26N2S. The highest BCUT2D eigenvalue weighted by atomic mass is 32.2. The first-order valence-electron chi connectivity index (χ1n) is 6.63. The standard InChI is InChI=1S/C15H26N2S/c1-5-13-6-8-14(9-7-13)15(10-16)17(3)12(2)11-18-4/h6-9,12,15H,5,10-11,16H2,1-4H3. The molecule has 2 nitrogen and oxygen atoms in total. The molecule has 1 aromatic rings. The van der Waals surface area contributed by atoms with Gasteiger partial charge in [0.2, 0.25) is 0 Å². The molecule has 0 radical (unpaired) electrons. The van der Waals surface area contributed by atoms with Gasteiger partial charge in [-0.2, -0.15) is 11.8 Å². The maximum Gasteiger partial charge on any atom is 0.0470 e. The van der Waals surface area contributed by atoms with Crippen molar-refractivity contribution >= 4 is 11.8 Å². The van der Waals surface area contributed by atoms with Crippen LogP contribution in [-0.4, -0.2) is 36.5 Å². The number of rotatable bonds is 7. The molecule has 0 heterocycles. The Morgan fingerprint density at radius 2 is 1.89 bits per heavy atom. The van der Waals surface area contributed by atoms with Gasteiger partial charge in [0.15, 0.2) is 0 Å². The minimum absolute atomic E-state index is 0.318. The van der Waals surface area contributed by atoms with Crippen molar-refractivity contribution in [2.75, 3.05) is 25.6 Å². The van der Waals surface area contributed by atoms with Gasteiger partial charge < -0.3 is 5.73 Å². The molecule has 3 heteroatoms. The molecule has 0 aliphatic rings. The van der Waals surface area contributed by atoms with E-state index in [2.05, 4.69) is 56.3 Å². The SMILES string of the molecule is CCc1ccc(C(CN)N(C)C(C)CSC)cc1. The Hall–Kier alpha value is -0.510. The van der Waals surface area contributed by atoms with Crippen LogP contribution in [0.4, 0.5) is 0 Å². The number of hydrogen-bond acceptors (Lipinski definition) is 3. The quantitative estimate of drug-likeness (QED) is 0.823. The van der Waals surface area contributed by atoms with Gasteiger partial charge >= 0.3 is 0 Å². The van der Waals surface area contributed by atoms with E-state index in [1.165, 1.54) is 11.1 Å². The number of benzene rings is 1. The van der Waals surface area contributed by atoms with Crippen LogP contribution in [0, 0.1) is 0 Å². The van der Waals surface area contributed by atoms with E-state index in [4.69, 9.17) is 5.73 Å². The molecule has 2 N–H and O–H groups in total. The number of nitrogens with two attached hydrogens (primary N) is 1. The van der Waals surface area contributed by atoms with Gasteiger partial charge in [0.25, 0.3) is 0 Å². The molecule has 0 fully saturated rings. The molecule has 0 saturated carbocycles. The van der Waals surface area contributed by atoms with E-state index in [0.717, 1.165) is 12.2 Å². The van der Waals surface area contributed by atoms with Crippen LogP contribution >= 0.6 is 11.8 Å². The van der Waals surface area contributed by atoms with Crippen LogP contribution in [0.5, 0.6) is 0 Å². The van der Waals surface area contributed by atoms with E-state index in [9.17, 15) is 0 Å². The fraction of sp³-hybridized carbons (Fsp3) is 0.600. The van der Waals surface area contributed by atoms with Crippen LogP contribution in [-0.2, 0) is 6.42 Å². The van der Waals surface area contributed by atoms with Crippen molar-refractivity contribution in [2.24, 2.45) is 5.73 Å². The predicted molar refractivity (Wildman–Crippen MR) is 83.2 cm³/mol. The third-order valence-electron chi connectivity index (χ3n) is 3.59. The van der Waals surface area contributed by atoms with Gasteiger partial charge in [0.05, 0.1) is 0 Å². The molecule has 2 unspecified atom stereocenters. The summed E-state index contributed by atoms with van der Waals surface area (Å²) in [7, 11) is 2.17. The fourth-order valence-corrected chi connectivity index (χ4v) is 2.90. The lowest BCUT2D eigenvalue weighted by Crippen LogP contribution is -2.38. The normalized spacial score (nSPS) is 14.8. The molecule has 1 rings (SSSR count). The van der Waals surface area contributed by atoms with Crippen molar-refractivity contribution in [3.63, 3.8) is 0 Å². The summed E-state index contributed by atoms with van der Waals surface area (Å²) in [6.07, 6.45) is 3.24. The highest BCUT2D eigenvalue weighted by Gasteiger charge is 2.19. The first kappa shape index (κ1) is 15.5. The molecule has 1 aromatic carbocycles. The fourth-order valence-electron chi connectivity index (χ4n) is 2.18. The van der Waals surface area contributed by atoms with Gasteiger partial charge in [-0.25, -0.2) is 0 Å². The monoisotopic (exact) mass is 266 g/mol. The van der Waals surface area contributed by atoms with E-state index >= 15 is 0 Å². The van der Waals surface area contributed by atoms with Gasteiger partial charge in [-0.1, -0.05) is 31.2 Å². The van der Waals surface area contributed by atoms with Crippen molar-refractivity contribution in [3.8, 4) is 0 Å². The summed E-state index contributed by atoms with van der Waals surface area (Å²) in [5.74, 6) is 1.14. The smallest absolute Gasteiger partial charge is 0.0470 e. The Morgan fingerprint density at radius 1 is 1.28 bits per heavy atom. The summed E-state index contributed by atoms with van der Waals surface area (Å²) >= 11 is 1.88. The summed E-state index contributed by atoms with van der Waals surface area (Å²) < 4.78 is 0. The third-order valence-corrected chi connectivity index (χ3v) is 4.41. The second-order valence-corrected chi connectivity index (χ2v) is 5.73. The van der Waals surface area contributed by atoms with Gasteiger partial charge in [0, 0.05) is 24.4 Å². The second kappa shape index (κ2) is 7.82. The van der Waals surface area contributed by atoms with Crippen molar-refractivity contribution < 1.29 is 0 Å². The number of hydrogen-bond donors (Lipinski definition) is 1. The first-order chi connectivity index (χ1) is 8.63. The van der Waals surface area contributed by atoms with Crippen molar-refractivity contribution in [1.29, 1.82) is 0 Å². The second-order valence-electron chi connectivity index (χ2n) is 4.82. The minimum Gasteiger partial charge on any atom is -0.329 e. The molecule has 2 atom stereocenters. The average Bonchev–Trinajstić information content (AvgIpc) is 2.40. The zero-order valence-corrected chi connectivity index (χ0v) is 12.8. The largest absolute Gasteiger partial charge is 0.329 e. The Labute approximate surface area is 116 Å². The van der Waals surface area contributed by atoms with Gasteiger partial charge in [-0.3, -0.25) is 4.90 Å². The molecule has 0 amide bonds. The molecule has 18 heavy (non-hydrogen) atoms. The lowest BCUT2D eigenvalue weighted by atomic mass is 10.0. The number of nitrogens with zero attached hydrogens (tertiary/aromatic N) is 1. The van der Waals surface area contributed by atoms with E-state index in [0.29, 0.717) is 18.6 Å². The summed E-state index contributed by atoms with van der Waals surface area (Å²) in [4.78, 5) is 2.39. The minimum atomic E-state index is 0.318. The maximum absolute atomic E-state index is 5.96. The Bertz CT molecular complexity index is 337. The average molecular weight is 266 g/mol. The zero-order valence-electron chi connectivity index (χ0n) is 12.0. The van der Waals surface area contributed by atoms with Crippen LogP contribution in [0.3, 0.4) is 0 Å². The highest BCUT2D eigenvalue weighted by Crippen LogP contribution is 2.22. The predicted octanol–water partition coefficient (Wildman–Crippen LogP) is 2.93. The van der Waals surface area contributed by atoms with Crippen molar-refractivity contribution in [3.05, 3.63) is 35.4 Å². The molecule has 102 valence electrons. The lowest BCUT2D eigenvalue weighted by molar-refractivity contribution is 0.204. The molecular weight excluding hydrogens is 240 g/mol. The Balaban J connectivity index is 2.80. The summed E-state index contributed by atoms with van der Waals surface area (Å²) in [6.45, 7) is 5.11. The highest BCUT2D eigenvalue weighted by molar-refractivity contribution is 7.98. The van der Waals surface area contributed by atoms with Crippen molar-refractivity contribution in [1.82, 2.24) is 4.90 Å². The Kier molecular flexibility index (Phi) is 6.76. The van der Waals surface area contributed by atoms with Crippen LogP contribution in [0.1, 0.15) is 31.0 Å². The van der Waals surface area contributed by atoms with E-state index < -0.39 is 0 Å².